The molecule has 0 aliphatic carbocycles. The molecule has 1 aromatic carbocycles. The summed E-state index contributed by atoms with van der Waals surface area (Å²) in [6, 6.07) is 5.23. The minimum Gasteiger partial charge on any atom is -0.493 e. The molecule has 0 heterocycles. The third kappa shape index (κ3) is 3.92. The highest BCUT2D eigenvalue weighted by atomic mass is 16.5. The van der Waals surface area contributed by atoms with Crippen molar-refractivity contribution in [1.29, 1.82) is 0 Å². The quantitative estimate of drug-likeness (QED) is 0.612. The van der Waals surface area contributed by atoms with Gasteiger partial charge in [0, 0.05) is 6.08 Å². The largest absolute Gasteiger partial charge is 0.493 e. The van der Waals surface area contributed by atoms with Crippen molar-refractivity contribution in [3.05, 3.63) is 29.8 Å². The summed E-state index contributed by atoms with van der Waals surface area (Å²) in [5.41, 5.74) is 5.78. The van der Waals surface area contributed by atoms with E-state index in [-0.39, 0.29) is 6.61 Å². The Labute approximate surface area is 100 Å². The fraction of sp³-hybridized carbons (Fsp3) is 0.154. The zero-order valence-electron chi connectivity index (χ0n) is 9.47. The highest BCUT2D eigenvalue weighted by molar-refractivity contribution is 5.90. The van der Waals surface area contributed by atoms with E-state index in [0.29, 0.717) is 11.5 Å². The molecule has 1 aromatic rings. The maximum atomic E-state index is 10.6. The van der Waals surface area contributed by atoms with Gasteiger partial charge in [-0.25, -0.2) is 0 Å². The smallest absolute Gasteiger partial charge is 0.241 e. The third-order valence-corrected chi connectivity index (χ3v) is 1.94. The van der Waals surface area contributed by atoms with Gasteiger partial charge in [-0.3, -0.25) is 4.79 Å². The molecule has 0 radical (unpaired) electrons. The molecule has 0 saturated carbocycles. The van der Waals surface area contributed by atoms with Gasteiger partial charge in [0.15, 0.2) is 11.5 Å². The second-order valence-corrected chi connectivity index (χ2v) is 3.14. The molecule has 0 fully saturated rings. The summed E-state index contributed by atoms with van der Waals surface area (Å²) in [5, 5.41) is 0. The molecule has 0 aromatic heterocycles. The van der Waals surface area contributed by atoms with Gasteiger partial charge < -0.3 is 15.2 Å². The van der Waals surface area contributed by atoms with Gasteiger partial charge in [-0.05, 0) is 23.8 Å². The number of carbonyl (C=O) groups is 1. The Morgan fingerprint density at radius 1 is 1.53 bits per heavy atom. The zero-order valence-corrected chi connectivity index (χ0v) is 9.47. The molecule has 4 heteroatoms. The number of benzene rings is 1. The van der Waals surface area contributed by atoms with Gasteiger partial charge in [-0.2, -0.15) is 0 Å². The van der Waals surface area contributed by atoms with Crippen molar-refractivity contribution in [1.82, 2.24) is 0 Å². The summed E-state index contributed by atoms with van der Waals surface area (Å²) >= 11 is 0. The van der Waals surface area contributed by atoms with Gasteiger partial charge in [0.2, 0.25) is 5.91 Å². The van der Waals surface area contributed by atoms with Crippen LogP contribution in [0.4, 0.5) is 0 Å². The standard InChI is InChI=1S/C13H13NO3/c1-3-8-17-12-9-10(5-7-13(14)15)4-6-11(12)16-2/h1,4-7,9H,8H2,2H3,(H2,14,15)/b7-5-. The molecule has 0 aliphatic rings. The molecule has 17 heavy (non-hydrogen) atoms. The predicted octanol–water partition coefficient (Wildman–Crippen LogP) is 1.21. The van der Waals surface area contributed by atoms with Gasteiger partial charge in [0.1, 0.15) is 6.61 Å². The normalized spacial score (nSPS) is 9.88. The lowest BCUT2D eigenvalue weighted by atomic mass is 10.2. The Morgan fingerprint density at radius 3 is 2.88 bits per heavy atom. The Kier molecular flexibility index (Phi) is 4.64. The Balaban J connectivity index is 2.96. The van der Waals surface area contributed by atoms with Crippen LogP contribution in [0.2, 0.25) is 0 Å². The Morgan fingerprint density at radius 2 is 2.29 bits per heavy atom. The van der Waals surface area contributed by atoms with Crippen LogP contribution in [-0.2, 0) is 4.79 Å². The number of primary amides is 1. The van der Waals surface area contributed by atoms with Crippen molar-refractivity contribution < 1.29 is 14.3 Å². The van der Waals surface area contributed by atoms with Gasteiger partial charge in [-0.1, -0.05) is 12.0 Å². The van der Waals surface area contributed by atoms with Gasteiger partial charge in [0.05, 0.1) is 7.11 Å². The molecule has 88 valence electrons. The minimum atomic E-state index is -0.507. The molecule has 2 N–H and O–H groups in total. The van der Waals surface area contributed by atoms with Crippen molar-refractivity contribution in [3.63, 3.8) is 0 Å². The highest BCUT2D eigenvalue weighted by Gasteiger charge is 2.04. The lowest BCUT2D eigenvalue weighted by molar-refractivity contribution is -0.113. The van der Waals surface area contributed by atoms with E-state index in [1.54, 1.807) is 24.3 Å². The molecule has 0 spiro atoms. The molecule has 1 rings (SSSR count). The Hall–Kier alpha value is -2.41. The number of nitrogens with two attached hydrogens (primary N) is 1. The van der Waals surface area contributed by atoms with E-state index in [9.17, 15) is 4.79 Å². The fourth-order valence-electron chi connectivity index (χ4n) is 1.21. The number of carbonyl (C=O) groups excluding carboxylic acids is 1. The second kappa shape index (κ2) is 6.23. The first-order valence-corrected chi connectivity index (χ1v) is 4.89. The lowest BCUT2D eigenvalue weighted by Gasteiger charge is -2.09. The second-order valence-electron chi connectivity index (χ2n) is 3.14. The molecule has 0 unspecified atom stereocenters. The van der Waals surface area contributed by atoms with Crippen LogP contribution in [0.15, 0.2) is 24.3 Å². The molecule has 0 atom stereocenters. The highest BCUT2D eigenvalue weighted by Crippen LogP contribution is 2.28. The van der Waals surface area contributed by atoms with Gasteiger partial charge in [0.25, 0.3) is 0 Å². The van der Waals surface area contributed by atoms with Crippen molar-refractivity contribution in [3.8, 4) is 23.8 Å². The molecular formula is C13H13NO3. The van der Waals surface area contributed by atoms with Crippen molar-refractivity contribution in [2.75, 3.05) is 13.7 Å². The number of methoxy groups -OCH3 is 1. The first-order chi connectivity index (χ1) is 8.17. The first kappa shape index (κ1) is 12.7. The number of rotatable bonds is 5. The molecule has 0 aliphatic heterocycles. The van der Waals surface area contributed by atoms with Crippen LogP contribution >= 0.6 is 0 Å². The van der Waals surface area contributed by atoms with E-state index in [4.69, 9.17) is 21.6 Å². The van der Waals surface area contributed by atoms with Crippen LogP contribution < -0.4 is 15.2 Å². The van der Waals surface area contributed by atoms with E-state index in [0.717, 1.165) is 5.56 Å². The Bertz CT molecular complexity index is 472. The first-order valence-electron chi connectivity index (χ1n) is 4.89. The molecule has 0 saturated heterocycles. The molecule has 4 nitrogen and oxygen atoms in total. The number of amides is 1. The lowest BCUT2D eigenvalue weighted by Crippen LogP contribution is -2.05. The van der Waals surface area contributed by atoms with E-state index in [1.165, 1.54) is 13.2 Å². The van der Waals surface area contributed by atoms with Crippen LogP contribution in [0.3, 0.4) is 0 Å². The number of hydrogen-bond donors (Lipinski definition) is 1. The van der Waals surface area contributed by atoms with Crippen molar-refractivity contribution in [2.24, 2.45) is 5.73 Å². The van der Waals surface area contributed by atoms with E-state index in [1.807, 2.05) is 0 Å². The zero-order chi connectivity index (χ0) is 12.7. The topological polar surface area (TPSA) is 61.5 Å². The monoisotopic (exact) mass is 231 g/mol. The number of hydrogen-bond acceptors (Lipinski definition) is 3. The van der Waals surface area contributed by atoms with Crippen molar-refractivity contribution >= 4 is 12.0 Å². The number of terminal acetylenes is 1. The van der Waals surface area contributed by atoms with E-state index >= 15 is 0 Å². The summed E-state index contributed by atoms with van der Waals surface area (Å²) in [7, 11) is 1.54. The summed E-state index contributed by atoms with van der Waals surface area (Å²) < 4.78 is 10.4. The van der Waals surface area contributed by atoms with Crippen LogP contribution in [0.5, 0.6) is 11.5 Å². The third-order valence-electron chi connectivity index (χ3n) is 1.94. The van der Waals surface area contributed by atoms with E-state index in [2.05, 4.69) is 5.92 Å². The van der Waals surface area contributed by atoms with Crippen molar-refractivity contribution in [2.45, 2.75) is 0 Å². The van der Waals surface area contributed by atoms with Crippen LogP contribution in [0, 0.1) is 12.3 Å². The average Bonchev–Trinajstić information content (AvgIpc) is 2.33. The van der Waals surface area contributed by atoms with Crippen LogP contribution in [-0.4, -0.2) is 19.6 Å². The van der Waals surface area contributed by atoms with E-state index < -0.39 is 5.91 Å². The van der Waals surface area contributed by atoms with Gasteiger partial charge in [-0.15, -0.1) is 6.42 Å². The fourth-order valence-corrected chi connectivity index (χ4v) is 1.21. The number of ether oxygens (including phenoxy) is 2. The molecule has 1 amide bonds. The summed E-state index contributed by atoms with van der Waals surface area (Å²) in [6.45, 7) is 0.152. The SMILES string of the molecule is C#CCOc1cc(/C=C\C(N)=O)ccc1OC. The summed E-state index contributed by atoms with van der Waals surface area (Å²) in [6.07, 6.45) is 7.97. The summed E-state index contributed by atoms with van der Waals surface area (Å²) in [5.74, 6) is 2.96. The van der Waals surface area contributed by atoms with Crippen LogP contribution in [0.25, 0.3) is 6.08 Å². The average molecular weight is 231 g/mol. The maximum absolute atomic E-state index is 10.6. The van der Waals surface area contributed by atoms with Gasteiger partial charge >= 0.3 is 0 Å². The minimum absolute atomic E-state index is 0.152. The molecule has 0 bridgehead atoms. The summed E-state index contributed by atoms with van der Waals surface area (Å²) in [4.78, 5) is 10.6. The van der Waals surface area contributed by atoms with Crippen LogP contribution in [0.1, 0.15) is 5.56 Å². The maximum Gasteiger partial charge on any atom is 0.241 e. The predicted molar refractivity (Wildman–Crippen MR) is 65.6 cm³/mol. The molecular weight excluding hydrogens is 218 g/mol.